The maximum atomic E-state index is 13.3. The molecule has 6 heteroatoms. The van der Waals surface area contributed by atoms with Gasteiger partial charge in [-0.1, -0.05) is 30.0 Å². The van der Waals surface area contributed by atoms with E-state index in [-0.39, 0.29) is 30.2 Å². The maximum Gasteiger partial charge on any atom is 0.227 e. The third-order valence-corrected chi connectivity index (χ3v) is 6.03. The third kappa shape index (κ3) is 4.32. The molecule has 0 bridgehead atoms. The summed E-state index contributed by atoms with van der Waals surface area (Å²) in [7, 11) is 0. The fourth-order valence-corrected chi connectivity index (χ4v) is 4.36. The molecule has 2 saturated heterocycles. The minimum Gasteiger partial charge on any atom is -0.394 e. The van der Waals surface area contributed by atoms with Gasteiger partial charge in [0, 0.05) is 36.2 Å². The lowest BCUT2D eigenvalue weighted by Crippen LogP contribution is -2.66. The molecule has 0 saturated carbocycles. The van der Waals surface area contributed by atoms with E-state index in [1.54, 1.807) is 17.0 Å². The summed E-state index contributed by atoms with van der Waals surface area (Å²) in [4.78, 5) is 14.5. The van der Waals surface area contributed by atoms with E-state index >= 15 is 0 Å². The van der Waals surface area contributed by atoms with Crippen LogP contribution >= 0.6 is 0 Å². The van der Waals surface area contributed by atoms with Crippen molar-refractivity contribution in [2.75, 3.05) is 19.8 Å². The van der Waals surface area contributed by atoms with Crippen LogP contribution in [0.5, 0.6) is 0 Å². The molecule has 4 rings (SSSR count). The van der Waals surface area contributed by atoms with Gasteiger partial charge < -0.3 is 14.7 Å². The number of benzene rings is 2. The Morgan fingerprint density at radius 3 is 2.48 bits per heavy atom. The van der Waals surface area contributed by atoms with E-state index in [0.717, 1.165) is 11.1 Å². The van der Waals surface area contributed by atoms with E-state index in [0.29, 0.717) is 31.6 Å². The van der Waals surface area contributed by atoms with Crippen molar-refractivity contribution in [1.29, 1.82) is 5.26 Å². The zero-order valence-electron chi connectivity index (χ0n) is 17.0. The summed E-state index contributed by atoms with van der Waals surface area (Å²) in [6.45, 7) is 0.901. The molecule has 2 aromatic rings. The fourth-order valence-electron chi connectivity index (χ4n) is 4.36. The Kier molecular flexibility index (Phi) is 6.32. The Morgan fingerprint density at radius 2 is 1.84 bits per heavy atom. The molecule has 2 aromatic carbocycles. The van der Waals surface area contributed by atoms with Crippen LogP contribution in [0.3, 0.4) is 0 Å². The van der Waals surface area contributed by atoms with Crippen LogP contribution in [0.25, 0.3) is 0 Å². The number of rotatable bonds is 3. The molecule has 2 heterocycles. The molecule has 0 aliphatic carbocycles. The van der Waals surface area contributed by atoms with Gasteiger partial charge in [0.1, 0.15) is 11.9 Å². The molecule has 158 valence electrons. The van der Waals surface area contributed by atoms with Crippen LogP contribution in [-0.4, -0.2) is 47.8 Å². The first-order chi connectivity index (χ1) is 15.1. The first kappa shape index (κ1) is 21.1. The lowest BCUT2D eigenvalue weighted by atomic mass is 9.74. The van der Waals surface area contributed by atoms with Crippen LogP contribution < -0.4 is 0 Å². The minimum absolute atomic E-state index is 0.0669. The predicted molar refractivity (Wildman–Crippen MR) is 112 cm³/mol. The summed E-state index contributed by atoms with van der Waals surface area (Å²) in [6, 6.07) is 14.8. The average molecular weight is 418 g/mol. The second-order valence-corrected chi connectivity index (χ2v) is 7.86. The normalized spacial score (nSPS) is 23.3. The molecule has 0 spiro atoms. The number of carbonyl (C=O) groups is 1. The summed E-state index contributed by atoms with van der Waals surface area (Å²) in [5.41, 5.74) is 2.24. The summed E-state index contributed by atoms with van der Waals surface area (Å²) in [6.07, 6.45) is 1.30. The van der Waals surface area contributed by atoms with Crippen molar-refractivity contribution in [3.8, 4) is 17.9 Å². The van der Waals surface area contributed by atoms with Crippen molar-refractivity contribution in [2.45, 2.75) is 30.8 Å². The zero-order valence-corrected chi connectivity index (χ0v) is 17.0. The summed E-state index contributed by atoms with van der Waals surface area (Å²) >= 11 is 0. The highest BCUT2D eigenvalue weighted by atomic mass is 19.1. The van der Waals surface area contributed by atoms with Gasteiger partial charge in [-0.25, -0.2) is 4.39 Å². The van der Waals surface area contributed by atoms with Crippen molar-refractivity contribution in [2.24, 2.45) is 5.92 Å². The molecule has 0 radical (unpaired) electrons. The maximum absolute atomic E-state index is 13.3. The van der Waals surface area contributed by atoms with Crippen molar-refractivity contribution in [1.82, 2.24) is 4.90 Å². The molecule has 2 fully saturated rings. The Bertz CT molecular complexity index is 1040. The summed E-state index contributed by atoms with van der Waals surface area (Å²) in [5, 5.41) is 19.7. The van der Waals surface area contributed by atoms with Crippen molar-refractivity contribution >= 4 is 5.91 Å². The molecule has 31 heavy (non-hydrogen) atoms. The second-order valence-electron chi connectivity index (χ2n) is 7.86. The Balaban J connectivity index is 1.50. The summed E-state index contributed by atoms with van der Waals surface area (Å²) < 4.78 is 18.6. The van der Waals surface area contributed by atoms with Crippen LogP contribution in [0.4, 0.5) is 4.39 Å². The molecular formula is C25H23FN2O3. The van der Waals surface area contributed by atoms with Crippen molar-refractivity contribution in [3.63, 3.8) is 0 Å². The number of ether oxygens (including phenoxy) is 1. The molecule has 2 aliphatic rings. The van der Waals surface area contributed by atoms with Gasteiger partial charge in [-0.2, -0.15) is 5.26 Å². The standard InChI is InChI=1S/C25H23FN2O3/c26-21-3-1-2-18(14-21)5-4-17-6-8-19(9-7-17)24-22(15-27)28(23(24)16-29)25(30)20-10-12-31-13-11-20/h1-3,6-9,14,20,22-24,29H,10-13,16H2/t22-,23+,24+/m1/s1. The first-order valence-electron chi connectivity index (χ1n) is 10.4. The van der Waals surface area contributed by atoms with Crippen LogP contribution in [-0.2, 0) is 9.53 Å². The largest absolute Gasteiger partial charge is 0.394 e. The van der Waals surface area contributed by atoms with Crippen LogP contribution in [0, 0.1) is 34.9 Å². The smallest absolute Gasteiger partial charge is 0.227 e. The number of hydrogen-bond acceptors (Lipinski definition) is 4. The van der Waals surface area contributed by atoms with Crippen LogP contribution in [0.2, 0.25) is 0 Å². The average Bonchev–Trinajstić information content (AvgIpc) is 2.79. The summed E-state index contributed by atoms with van der Waals surface area (Å²) in [5.74, 6) is 5.14. The monoisotopic (exact) mass is 418 g/mol. The Morgan fingerprint density at radius 1 is 1.13 bits per heavy atom. The first-order valence-corrected chi connectivity index (χ1v) is 10.4. The number of nitrogens with zero attached hydrogens (tertiary/aromatic N) is 2. The molecule has 5 nitrogen and oxygen atoms in total. The highest BCUT2D eigenvalue weighted by Gasteiger charge is 2.52. The van der Waals surface area contributed by atoms with Crippen molar-refractivity contribution in [3.05, 3.63) is 71.0 Å². The predicted octanol–water partition coefficient (Wildman–Crippen LogP) is 2.83. The van der Waals surface area contributed by atoms with Gasteiger partial charge in [0.2, 0.25) is 5.91 Å². The lowest BCUT2D eigenvalue weighted by molar-refractivity contribution is -0.154. The quantitative estimate of drug-likeness (QED) is 0.778. The number of likely N-dealkylation sites (tertiary alicyclic amines) is 1. The number of aliphatic hydroxyl groups excluding tert-OH is 1. The van der Waals surface area contributed by atoms with E-state index in [4.69, 9.17) is 4.74 Å². The lowest BCUT2D eigenvalue weighted by Gasteiger charge is -2.52. The van der Waals surface area contributed by atoms with Crippen LogP contribution in [0.15, 0.2) is 48.5 Å². The van der Waals surface area contributed by atoms with E-state index < -0.39 is 12.1 Å². The number of amides is 1. The minimum atomic E-state index is -0.600. The second kappa shape index (κ2) is 9.31. The van der Waals surface area contributed by atoms with E-state index in [2.05, 4.69) is 17.9 Å². The van der Waals surface area contributed by atoms with Gasteiger partial charge in [-0.15, -0.1) is 0 Å². The third-order valence-electron chi connectivity index (χ3n) is 6.03. The van der Waals surface area contributed by atoms with Gasteiger partial charge in [-0.05, 0) is 48.7 Å². The molecule has 1 amide bonds. The molecular weight excluding hydrogens is 395 g/mol. The number of halogens is 1. The van der Waals surface area contributed by atoms with E-state index in [9.17, 15) is 19.6 Å². The highest BCUT2D eigenvalue weighted by Crippen LogP contribution is 2.42. The Labute approximate surface area is 181 Å². The topological polar surface area (TPSA) is 73.6 Å². The van der Waals surface area contributed by atoms with E-state index in [1.165, 1.54) is 12.1 Å². The number of aliphatic hydroxyl groups is 1. The van der Waals surface area contributed by atoms with Crippen LogP contribution in [0.1, 0.15) is 35.4 Å². The number of nitriles is 1. The number of hydrogen-bond donors (Lipinski definition) is 1. The molecule has 2 aliphatic heterocycles. The fraction of sp³-hybridized carbons (Fsp3) is 0.360. The van der Waals surface area contributed by atoms with Gasteiger partial charge in [-0.3, -0.25) is 4.79 Å². The van der Waals surface area contributed by atoms with Gasteiger partial charge in [0.05, 0.1) is 18.7 Å². The SMILES string of the molecule is N#C[C@@H]1[C@H](c2ccc(C#Cc3cccc(F)c3)cc2)[C@H](CO)N1C(=O)C1CCOCC1. The molecule has 3 atom stereocenters. The van der Waals surface area contributed by atoms with E-state index in [1.807, 2.05) is 24.3 Å². The number of carbonyl (C=O) groups excluding carboxylic acids is 1. The molecule has 0 aromatic heterocycles. The van der Waals surface area contributed by atoms with Gasteiger partial charge >= 0.3 is 0 Å². The zero-order chi connectivity index (χ0) is 21.8. The highest BCUT2D eigenvalue weighted by molar-refractivity contribution is 5.81. The van der Waals surface area contributed by atoms with Crippen molar-refractivity contribution < 1.29 is 19.0 Å². The molecule has 0 unspecified atom stereocenters. The van der Waals surface area contributed by atoms with Gasteiger partial charge in [0.15, 0.2) is 0 Å². The Hall–Kier alpha value is -3.19. The molecule has 1 N–H and O–H groups in total. The van der Waals surface area contributed by atoms with Gasteiger partial charge in [0.25, 0.3) is 0 Å².